The van der Waals surface area contributed by atoms with E-state index in [0.29, 0.717) is 0 Å². The van der Waals surface area contributed by atoms with E-state index in [0.717, 1.165) is 0 Å². The van der Waals surface area contributed by atoms with Crippen molar-refractivity contribution in [1.29, 1.82) is 0 Å². The van der Waals surface area contributed by atoms with Gasteiger partial charge in [0.05, 0.1) is 6.54 Å². The van der Waals surface area contributed by atoms with E-state index in [-0.39, 0.29) is 24.7 Å². The van der Waals surface area contributed by atoms with E-state index in [1.165, 1.54) is 10.6 Å². The molecule has 1 rings (SSSR count). The average Bonchev–Trinajstić information content (AvgIpc) is 2.66. The molecule has 5 heteroatoms. The van der Waals surface area contributed by atoms with E-state index in [9.17, 15) is 9.59 Å². The van der Waals surface area contributed by atoms with Gasteiger partial charge in [0.25, 0.3) is 0 Å². The van der Waals surface area contributed by atoms with Crippen molar-refractivity contribution in [2.24, 2.45) is 0 Å². The molecule has 1 aromatic heterocycles. The van der Waals surface area contributed by atoms with E-state index in [2.05, 4.69) is 17.2 Å². The Morgan fingerprint density at radius 3 is 2.94 bits per heavy atom. The standard InChI is InChI=1S/C11H12N2O3/c1-2-3-6-12-10(14)8-13-7-4-5-9(13)11(15)16/h4-5,7H,6,8H2,1H3,(H,12,14)(H,15,16). The second-order valence-electron chi connectivity index (χ2n) is 3.03. The number of hydrogen-bond donors (Lipinski definition) is 2. The van der Waals surface area contributed by atoms with E-state index >= 15 is 0 Å². The molecule has 84 valence electrons. The zero-order valence-electron chi connectivity index (χ0n) is 8.86. The van der Waals surface area contributed by atoms with Crippen molar-refractivity contribution in [2.75, 3.05) is 6.54 Å². The van der Waals surface area contributed by atoms with Crippen LogP contribution >= 0.6 is 0 Å². The molecule has 0 aromatic carbocycles. The molecule has 0 unspecified atom stereocenters. The normalized spacial score (nSPS) is 9.06. The second kappa shape index (κ2) is 5.61. The molecule has 0 saturated heterocycles. The minimum absolute atomic E-state index is 0.0139. The highest BCUT2D eigenvalue weighted by Gasteiger charge is 2.10. The Morgan fingerprint density at radius 2 is 2.31 bits per heavy atom. The maximum absolute atomic E-state index is 11.4. The van der Waals surface area contributed by atoms with Crippen LogP contribution in [-0.4, -0.2) is 28.1 Å². The van der Waals surface area contributed by atoms with Crippen molar-refractivity contribution >= 4 is 11.9 Å². The summed E-state index contributed by atoms with van der Waals surface area (Å²) in [6.45, 7) is 1.94. The lowest BCUT2D eigenvalue weighted by molar-refractivity contribution is -0.121. The number of hydrogen-bond acceptors (Lipinski definition) is 2. The zero-order valence-corrected chi connectivity index (χ0v) is 8.86. The molecule has 2 N–H and O–H groups in total. The summed E-state index contributed by atoms with van der Waals surface area (Å²) >= 11 is 0. The highest BCUT2D eigenvalue weighted by Crippen LogP contribution is 2.01. The molecule has 1 heterocycles. The highest BCUT2D eigenvalue weighted by molar-refractivity contribution is 5.86. The average molecular weight is 220 g/mol. The SMILES string of the molecule is CC#CCNC(=O)Cn1cccc1C(=O)O. The first-order valence-electron chi connectivity index (χ1n) is 4.70. The monoisotopic (exact) mass is 220 g/mol. The lowest BCUT2D eigenvalue weighted by atomic mass is 10.4. The molecule has 5 nitrogen and oxygen atoms in total. The first-order valence-corrected chi connectivity index (χ1v) is 4.70. The molecule has 0 fully saturated rings. The summed E-state index contributed by atoms with van der Waals surface area (Å²) in [4.78, 5) is 22.1. The molecule has 1 amide bonds. The Bertz CT molecular complexity index is 451. The van der Waals surface area contributed by atoms with Crippen molar-refractivity contribution in [3.63, 3.8) is 0 Å². The summed E-state index contributed by atoms with van der Waals surface area (Å²) in [6, 6.07) is 3.03. The maximum atomic E-state index is 11.4. The van der Waals surface area contributed by atoms with E-state index in [1.54, 1.807) is 19.2 Å². The summed E-state index contributed by atoms with van der Waals surface area (Å²) in [5.74, 6) is 4.02. The Kier molecular flexibility index (Phi) is 4.16. The number of aromatic carboxylic acids is 1. The van der Waals surface area contributed by atoms with Crippen LogP contribution in [0.15, 0.2) is 18.3 Å². The third-order valence-electron chi connectivity index (χ3n) is 1.91. The largest absolute Gasteiger partial charge is 0.477 e. The molecule has 0 spiro atoms. The number of carbonyl (C=O) groups excluding carboxylic acids is 1. The van der Waals surface area contributed by atoms with E-state index in [1.807, 2.05) is 0 Å². The van der Waals surface area contributed by atoms with Gasteiger partial charge in [0.1, 0.15) is 12.2 Å². The number of aromatic nitrogens is 1. The van der Waals surface area contributed by atoms with Gasteiger partial charge in [-0.3, -0.25) is 4.79 Å². The van der Waals surface area contributed by atoms with Gasteiger partial charge in [-0.25, -0.2) is 4.79 Å². The third kappa shape index (κ3) is 3.17. The van der Waals surface area contributed by atoms with Crippen molar-refractivity contribution in [3.05, 3.63) is 24.0 Å². The second-order valence-corrected chi connectivity index (χ2v) is 3.03. The molecular formula is C11H12N2O3. The first-order chi connectivity index (χ1) is 7.65. The van der Waals surface area contributed by atoms with Gasteiger partial charge in [0.15, 0.2) is 0 Å². The lowest BCUT2D eigenvalue weighted by Gasteiger charge is -2.05. The number of amides is 1. The van der Waals surface area contributed by atoms with Gasteiger partial charge in [-0.15, -0.1) is 5.92 Å². The van der Waals surface area contributed by atoms with Gasteiger partial charge in [-0.2, -0.15) is 0 Å². The molecule has 1 aromatic rings. The molecule has 16 heavy (non-hydrogen) atoms. The summed E-state index contributed by atoms with van der Waals surface area (Å²) in [5.41, 5.74) is 0.0942. The minimum atomic E-state index is -1.05. The van der Waals surface area contributed by atoms with Crippen LogP contribution in [0, 0.1) is 11.8 Å². The van der Waals surface area contributed by atoms with Gasteiger partial charge >= 0.3 is 5.97 Å². The fourth-order valence-corrected chi connectivity index (χ4v) is 1.19. The van der Waals surface area contributed by atoms with Crippen LogP contribution in [0.1, 0.15) is 17.4 Å². The number of carboxylic acid groups (broad SMARTS) is 1. The molecule has 0 aliphatic rings. The Labute approximate surface area is 93.1 Å². The molecule has 0 saturated carbocycles. The van der Waals surface area contributed by atoms with Crippen LogP contribution in [0.25, 0.3) is 0 Å². The summed E-state index contributed by atoms with van der Waals surface area (Å²) < 4.78 is 1.37. The van der Waals surface area contributed by atoms with E-state index < -0.39 is 5.97 Å². The first kappa shape index (κ1) is 11.9. The van der Waals surface area contributed by atoms with Crippen molar-refractivity contribution in [2.45, 2.75) is 13.5 Å². The molecular weight excluding hydrogens is 208 g/mol. The van der Waals surface area contributed by atoms with Crippen molar-refractivity contribution in [1.82, 2.24) is 9.88 Å². The predicted molar refractivity (Wildman–Crippen MR) is 57.9 cm³/mol. The minimum Gasteiger partial charge on any atom is -0.477 e. The zero-order chi connectivity index (χ0) is 12.0. The number of rotatable bonds is 4. The maximum Gasteiger partial charge on any atom is 0.352 e. The topological polar surface area (TPSA) is 71.3 Å². The molecule has 0 aliphatic heterocycles. The van der Waals surface area contributed by atoms with Crippen LogP contribution in [0.2, 0.25) is 0 Å². The predicted octanol–water partition coefficient (Wildman–Crippen LogP) is 0.326. The van der Waals surface area contributed by atoms with Crippen LogP contribution in [0.5, 0.6) is 0 Å². The van der Waals surface area contributed by atoms with Gasteiger partial charge in [0, 0.05) is 6.20 Å². The molecule has 0 atom stereocenters. The number of carboxylic acids is 1. The van der Waals surface area contributed by atoms with Gasteiger partial charge < -0.3 is 15.0 Å². The highest BCUT2D eigenvalue weighted by atomic mass is 16.4. The van der Waals surface area contributed by atoms with Crippen LogP contribution in [0.3, 0.4) is 0 Å². The molecule has 0 bridgehead atoms. The fraction of sp³-hybridized carbons (Fsp3) is 0.273. The van der Waals surface area contributed by atoms with Crippen LogP contribution in [-0.2, 0) is 11.3 Å². The van der Waals surface area contributed by atoms with Crippen LogP contribution < -0.4 is 5.32 Å². The Balaban J connectivity index is 2.58. The van der Waals surface area contributed by atoms with Gasteiger partial charge in [0.2, 0.25) is 5.91 Å². The summed E-state index contributed by atoms with van der Waals surface area (Å²) in [6.07, 6.45) is 1.55. The quantitative estimate of drug-likeness (QED) is 0.718. The Morgan fingerprint density at radius 1 is 1.56 bits per heavy atom. The lowest BCUT2D eigenvalue weighted by Crippen LogP contribution is -2.28. The fourth-order valence-electron chi connectivity index (χ4n) is 1.19. The van der Waals surface area contributed by atoms with Gasteiger partial charge in [-0.1, -0.05) is 5.92 Å². The number of carbonyl (C=O) groups is 2. The number of nitrogens with zero attached hydrogens (tertiary/aromatic N) is 1. The van der Waals surface area contributed by atoms with Crippen LogP contribution in [0.4, 0.5) is 0 Å². The third-order valence-corrected chi connectivity index (χ3v) is 1.91. The van der Waals surface area contributed by atoms with Crippen molar-refractivity contribution in [3.8, 4) is 11.8 Å². The smallest absolute Gasteiger partial charge is 0.352 e. The summed E-state index contributed by atoms with van der Waals surface area (Å²) in [5, 5.41) is 11.4. The summed E-state index contributed by atoms with van der Waals surface area (Å²) in [7, 11) is 0. The molecule has 0 aliphatic carbocycles. The van der Waals surface area contributed by atoms with E-state index in [4.69, 9.17) is 5.11 Å². The van der Waals surface area contributed by atoms with Crippen molar-refractivity contribution < 1.29 is 14.7 Å². The molecule has 0 radical (unpaired) electrons. The Hall–Kier alpha value is -2.22. The van der Waals surface area contributed by atoms with Gasteiger partial charge in [-0.05, 0) is 19.1 Å². The number of nitrogens with one attached hydrogen (secondary N) is 1.